The molecule has 15 heavy (non-hydrogen) atoms. The molecule has 0 aliphatic heterocycles. The molecule has 0 atom stereocenters. The van der Waals surface area contributed by atoms with Crippen LogP contribution in [0.1, 0.15) is 4.88 Å². The second-order valence-electron chi connectivity index (χ2n) is 2.79. The molecule has 1 nitrogen and oxygen atoms in total. The normalized spacial score (nSPS) is 12.4. The minimum absolute atomic E-state index is 0.0847. The average Bonchev–Trinajstić information content (AvgIpc) is 2.51. The summed E-state index contributed by atoms with van der Waals surface area (Å²) in [5, 5.41) is 1.75. The lowest BCUT2D eigenvalue weighted by molar-refractivity contribution is -0.168. The first-order valence-electron chi connectivity index (χ1n) is 3.88. The van der Waals surface area contributed by atoms with Crippen LogP contribution in [0.4, 0.5) is 17.6 Å². The third kappa shape index (κ3) is 4.08. The van der Waals surface area contributed by atoms with Crippen LogP contribution in [0.25, 0.3) is 0 Å². The maximum absolute atomic E-state index is 12.4. The molecule has 0 fully saturated rings. The predicted molar refractivity (Wildman–Crippen MR) is 52.6 cm³/mol. The van der Waals surface area contributed by atoms with Crippen molar-refractivity contribution in [3.63, 3.8) is 0 Å². The molecule has 86 valence electrons. The molecular formula is C8H7BrF4OS. The van der Waals surface area contributed by atoms with Crippen molar-refractivity contribution >= 4 is 27.3 Å². The van der Waals surface area contributed by atoms with E-state index in [4.69, 9.17) is 0 Å². The second-order valence-corrected chi connectivity index (χ2v) is 4.70. The SMILES string of the molecule is FC(F)C(F)(F)COCc1cc(Br)cs1. The Labute approximate surface area is 96.2 Å². The van der Waals surface area contributed by atoms with Gasteiger partial charge in [-0.2, -0.15) is 8.78 Å². The summed E-state index contributed by atoms with van der Waals surface area (Å²) < 4.78 is 53.5. The minimum Gasteiger partial charge on any atom is -0.369 e. The average molecular weight is 307 g/mol. The maximum Gasteiger partial charge on any atom is 0.330 e. The first-order chi connectivity index (χ1) is 6.92. The molecule has 0 radical (unpaired) electrons. The van der Waals surface area contributed by atoms with E-state index in [-0.39, 0.29) is 6.61 Å². The molecule has 0 N–H and O–H groups in total. The molecule has 1 aromatic heterocycles. The topological polar surface area (TPSA) is 9.23 Å². The van der Waals surface area contributed by atoms with Crippen LogP contribution in [0.3, 0.4) is 0 Å². The number of rotatable bonds is 5. The van der Waals surface area contributed by atoms with Gasteiger partial charge in [-0.3, -0.25) is 0 Å². The molecule has 0 saturated carbocycles. The lowest BCUT2D eigenvalue weighted by atomic mass is 10.4. The van der Waals surface area contributed by atoms with Gasteiger partial charge in [-0.15, -0.1) is 11.3 Å². The molecule has 1 aromatic rings. The smallest absolute Gasteiger partial charge is 0.330 e. The van der Waals surface area contributed by atoms with Crippen LogP contribution < -0.4 is 0 Å². The Morgan fingerprint density at radius 3 is 2.60 bits per heavy atom. The van der Waals surface area contributed by atoms with Gasteiger partial charge in [0.25, 0.3) is 0 Å². The van der Waals surface area contributed by atoms with Crippen LogP contribution in [0.5, 0.6) is 0 Å². The van der Waals surface area contributed by atoms with Crippen molar-refractivity contribution in [1.82, 2.24) is 0 Å². The Balaban J connectivity index is 2.33. The van der Waals surface area contributed by atoms with Gasteiger partial charge in [0.05, 0.1) is 6.61 Å². The van der Waals surface area contributed by atoms with Gasteiger partial charge < -0.3 is 4.74 Å². The molecule has 0 amide bonds. The van der Waals surface area contributed by atoms with Crippen molar-refractivity contribution in [2.45, 2.75) is 19.0 Å². The highest BCUT2D eigenvalue weighted by atomic mass is 79.9. The van der Waals surface area contributed by atoms with Crippen molar-refractivity contribution in [2.75, 3.05) is 6.61 Å². The Morgan fingerprint density at radius 1 is 1.47 bits per heavy atom. The summed E-state index contributed by atoms with van der Waals surface area (Å²) in [5.41, 5.74) is 0. The Morgan fingerprint density at radius 2 is 2.13 bits per heavy atom. The highest BCUT2D eigenvalue weighted by Gasteiger charge is 2.40. The molecule has 0 aliphatic rings. The van der Waals surface area contributed by atoms with E-state index >= 15 is 0 Å². The number of alkyl halides is 4. The zero-order chi connectivity index (χ0) is 11.5. The molecule has 0 unspecified atom stereocenters. The van der Waals surface area contributed by atoms with E-state index in [1.165, 1.54) is 11.3 Å². The fraction of sp³-hybridized carbons (Fsp3) is 0.500. The molecule has 0 aliphatic carbocycles. The van der Waals surface area contributed by atoms with Crippen LogP contribution in [-0.4, -0.2) is 19.0 Å². The molecule has 0 spiro atoms. The fourth-order valence-electron chi connectivity index (χ4n) is 0.780. The minimum atomic E-state index is -4.07. The first-order valence-corrected chi connectivity index (χ1v) is 5.56. The predicted octanol–water partition coefficient (Wildman–Crippen LogP) is 3.93. The standard InChI is InChI=1S/C8H7BrF4OS/c9-5-1-6(15-3-5)2-14-4-8(12,13)7(10)11/h1,3,7H,2,4H2. The van der Waals surface area contributed by atoms with Crippen molar-refractivity contribution < 1.29 is 22.3 Å². The Kier molecular flexibility index (Phi) is 4.54. The van der Waals surface area contributed by atoms with Gasteiger partial charge in [0, 0.05) is 14.7 Å². The van der Waals surface area contributed by atoms with Gasteiger partial charge in [-0.25, -0.2) is 8.78 Å². The lowest BCUT2D eigenvalue weighted by Gasteiger charge is -2.14. The number of thiophene rings is 1. The number of hydrogen-bond donors (Lipinski definition) is 0. The van der Waals surface area contributed by atoms with Crippen LogP contribution >= 0.6 is 27.3 Å². The molecule has 1 rings (SSSR count). The van der Waals surface area contributed by atoms with Crippen LogP contribution in [0.2, 0.25) is 0 Å². The van der Waals surface area contributed by atoms with Gasteiger partial charge in [0.2, 0.25) is 0 Å². The largest absolute Gasteiger partial charge is 0.369 e. The Bertz CT molecular complexity index is 315. The van der Waals surface area contributed by atoms with Gasteiger partial charge in [0.15, 0.2) is 0 Å². The summed E-state index contributed by atoms with van der Waals surface area (Å²) in [7, 11) is 0. The summed E-state index contributed by atoms with van der Waals surface area (Å²) in [4.78, 5) is 0.701. The second kappa shape index (κ2) is 5.27. The van der Waals surface area contributed by atoms with Crippen LogP contribution in [0, 0.1) is 0 Å². The molecular weight excluding hydrogens is 300 g/mol. The van der Waals surface area contributed by atoms with E-state index in [9.17, 15) is 17.6 Å². The van der Waals surface area contributed by atoms with Crippen molar-refractivity contribution in [3.05, 3.63) is 20.8 Å². The van der Waals surface area contributed by atoms with Crippen molar-refractivity contribution in [2.24, 2.45) is 0 Å². The van der Waals surface area contributed by atoms with Crippen molar-refractivity contribution in [1.29, 1.82) is 0 Å². The highest BCUT2D eigenvalue weighted by Crippen LogP contribution is 2.25. The number of hydrogen-bond acceptors (Lipinski definition) is 2. The van der Waals surface area contributed by atoms with E-state index in [0.29, 0.717) is 4.88 Å². The molecule has 1 heterocycles. The monoisotopic (exact) mass is 306 g/mol. The zero-order valence-corrected chi connectivity index (χ0v) is 9.76. The summed E-state index contributed by atoms with van der Waals surface area (Å²) in [6.45, 7) is -1.35. The molecule has 0 aromatic carbocycles. The van der Waals surface area contributed by atoms with E-state index < -0.39 is 19.0 Å². The molecule has 0 bridgehead atoms. The summed E-state index contributed by atoms with van der Waals surface area (Å²) in [6, 6.07) is 1.69. The zero-order valence-electron chi connectivity index (χ0n) is 7.35. The number of halogens is 5. The number of ether oxygens (including phenoxy) is 1. The van der Waals surface area contributed by atoms with Gasteiger partial charge in [-0.1, -0.05) is 0 Å². The molecule has 7 heteroatoms. The lowest BCUT2D eigenvalue weighted by Crippen LogP contribution is -2.32. The van der Waals surface area contributed by atoms with E-state index in [1.807, 2.05) is 0 Å². The Hall–Kier alpha value is -0.140. The maximum atomic E-state index is 12.4. The van der Waals surface area contributed by atoms with E-state index in [1.54, 1.807) is 11.4 Å². The van der Waals surface area contributed by atoms with Gasteiger partial charge in [-0.05, 0) is 22.0 Å². The summed E-state index contributed by atoms with van der Waals surface area (Å²) >= 11 is 4.48. The van der Waals surface area contributed by atoms with E-state index in [2.05, 4.69) is 20.7 Å². The van der Waals surface area contributed by atoms with Gasteiger partial charge in [0.1, 0.15) is 6.61 Å². The third-order valence-corrected chi connectivity index (χ3v) is 3.15. The molecule has 0 saturated heterocycles. The van der Waals surface area contributed by atoms with Gasteiger partial charge >= 0.3 is 12.3 Å². The van der Waals surface area contributed by atoms with Crippen molar-refractivity contribution in [3.8, 4) is 0 Å². The van der Waals surface area contributed by atoms with Crippen LogP contribution in [0.15, 0.2) is 15.9 Å². The summed E-state index contributed by atoms with van der Waals surface area (Å²) in [6.07, 6.45) is -3.69. The van der Waals surface area contributed by atoms with E-state index in [0.717, 1.165) is 4.47 Å². The third-order valence-electron chi connectivity index (χ3n) is 1.48. The summed E-state index contributed by atoms with van der Waals surface area (Å²) in [5.74, 6) is -4.07. The quantitative estimate of drug-likeness (QED) is 0.749. The van der Waals surface area contributed by atoms with Crippen LogP contribution in [-0.2, 0) is 11.3 Å². The first kappa shape index (κ1) is 12.9. The highest BCUT2D eigenvalue weighted by molar-refractivity contribution is 9.10. The fourth-order valence-corrected chi connectivity index (χ4v) is 2.17.